The molecule has 0 amide bonds. The number of hydrogen-bond acceptors (Lipinski definition) is 4. The van der Waals surface area contributed by atoms with Crippen LogP contribution in [0.3, 0.4) is 0 Å². The molecule has 1 atom stereocenters. The van der Waals surface area contributed by atoms with Crippen LogP contribution in [0.1, 0.15) is 24.4 Å². The number of aromatic amines is 1. The molecule has 0 aliphatic rings. The minimum Gasteiger partial charge on any atom is -0.481 e. The van der Waals surface area contributed by atoms with E-state index in [1.54, 1.807) is 13.3 Å². The zero-order valence-electron chi connectivity index (χ0n) is 12.9. The van der Waals surface area contributed by atoms with E-state index in [0.29, 0.717) is 5.88 Å². The summed E-state index contributed by atoms with van der Waals surface area (Å²) in [6, 6.07) is 6.15. The number of ether oxygens (including phenoxy) is 1. The highest BCUT2D eigenvalue weighted by atomic mass is 16.5. The quantitative estimate of drug-likeness (QED) is 0.786. The van der Waals surface area contributed by atoms with Crippen molar-refractivity contribution in [1.82, 2.24) is 24.7 Å². The smallest absolute Gasteiger partial charge is 0.213 e. The van der Waals surface area contributed by atoms with Crippen molar-refractivity contribution in [3.05, 3.63) is 48.2 Å². The van der Waals surface area contributed by atoms with Crippen LogP contribution in [0.4, 0.5) is 0 Å². The molecule has 1 unspecified atom stereocenters. The van der Waals surface area contributed by atoms with Gasteiger partial charge in [-0.15, -0.1) is 0 Å². The summed E-state index contributed by atoms with van der Waals surface area (Å²) >= 11 is 0. The van der Waals surface area contributed by atoms with Gasteiger partial charge in [-0.25, -0.2) is 9.97 Å². The second kappa shape index (κ2) is 6.01. The van der Waals surface area contributed by atoms with E-state index in [-0.39, 0.29) is 6.04 Å². The van der Waals surface area contributed by atoms with E-state index in [2.05, 4.69) is 37.7 Å². The molecule has 3 heterocycles. The van der Waals surface area contributed by atoms with Crippen molar-refractivity contribution in [3.63, 3.8) is 0 Å². The Balaban J connectivity index is 1.87. The van der Waals surface area contributed by atoms with E-state index in [9.17, 15) is 0 Å². The number of nitrogens with zero attached hydrogens (tertiary/aromatic N) is 4. The lowest BCUT2D eigenvalue weighted by atomic mass is 10.1. The number of imidazole rings is 1. The number of hydrogen-bond donors (Lipinski definition) is 1. The van der Waals surface area contributed by atoms with Gasteiger partial charge in [-0.1, -0.05) is 0 Å². The predicted molar refractivity (Wildman–Crippen MR) is 83.7 cm³/mol. The Bertz CT molecular complexity index is 761. The topological polar surface area (TPSA) is 68.6 Å². The number of H-pyrrole nitrogens is 1. The highest BCUT2D eigenvalue weighted by molar-refractivity contribution is 5.56. The highest BCUT2D eigenvalue weighted by Crippen LogP contribution is 2.24. The lowest BCUT2D eigenvalue weighted by Crippen LogP contribution is -2.09. The standard InChI is InChI=1S/C16H19N5O/c1-11-8-14(20-19-11)9-12(2)21-7-6-18-16(21)13-4-5-17-15(10-13)22-3/h4-8,10,12H,9H2,1-3H3,(H,19,20). The van der Waals surface area contributed by atoms with Gasteiger partial charge in [0.15, 0.2) is 0 Å². The molecule has 0 aliphatic heterocycles. The summed E-state index contributed by atoms with van der Waals surface area (Å²) in [5, 5.41) is 7.29. The van der Waals surface area contributed by atoms with Gasteiger partial charge in [0, 0.05) is 48.4 Å². The van der Waals surface area contributed by atoms with Crippen molar-refractivity contribution in [2.75, 3.05) is 7.11 Å². The van der Waals surface area contributed by atoms with Crippen LogP contribution >= 0.6 is 0 Å². The SMILES string of the molecule is COc1cc(-c2nccn2C(C)Cc2cc(C)[nH]n2)ccn1. The highest BCUT2D eigenvalue weighted by Gasteiger charge is 2.14. The molecule has 3 aromatic heterocycles. The fraction of sp³-hybridized carbons (Fsp3) is 0.312. The molecule has 3 aromatic rings. The number of pyridine rings is 1. The fourth-order valence-electron chi connectivity index (χ4n) is 2.53. The van der Waals surface area contributed by atoms with Crippen molar-refractivity contribution < 1.29 is 4.74 Å². The maximum absolute atomic E-state index is 5.19. The van der Waals surface area contributed by atoms with E-state index in [1.165, 1.54) is 0 Å². The van der Waals surface area contributed by atoms with E-state index in [4.69, 9.17) is 4.74 Å². The number of aryl methyl sites for hydroxylation is 1. The third-order valence-corrected chi connectivity index (χ3v) is 3.61. The van der Waals surface area contributed by atoms with Gasteiger partial charge in [-0.3, -0.25) is 5.10 Å². The van der Waals surface area contributed by atoms with E-state index < -0.39 is 0 Å². The van der Waals surface area contributed by atoms with Crippen molar-refractivity contribution in [2.45, 2.75) is 26.3 Å². The fourth-order valence-corrected chi connectivity index (χ4v) is 2.53. The van der Waals surface area contributed by atoms with Crippen LogP contribution in [0.5, 0.6) is 5.88 Å². The average Bonchev–Trinajstić information content (AvgIpc) is 3.16. The molecule has 0 spiro atoms. The average molecular weight is 297 g/mol. The molecule has 6 nitrogen and oxygen atoms in total. The van der Waals surface area contributed by atoms with Crippen LogP contribution in [-0.4, -0.2) is 31.8 Å². The van der Waals surface area contributed by atoms with Crippen LogP contribution in [0, 0.1) is 6.92 Å². The summed E-state index contributed by atoms with van der Waals surface area (Å²) in [6.45, 7) is 4.17. The number of aromatic nitrogens is 5. The summed E-state index contributed by atoms with van der Waals surface area (Å²) in [5.74, 6) is 1.49. The van der Waals surface area contributed by atoms with Gasteiger partial charge in [0.25, 0.3) is 0 Å². The predicted octanol–water partition coefficient (Wildman–Crippen LogP) is 2.79. The van der Waals surface area contributed by atoms with Crippen molar-refractivity contribution in [1.29, 1.82) is 0 Å². The van der Waals surface area contributed by atoms with Gasteiger partial charge in [-0.2, -0.15) is 5.10 Å². The zero-order chi connectivity index (χ0) is 15.5. The van der Waals surface area contributed by atoms with Crippen molar-refractivity contribution in [2.24, 2.45) is 0 Å². The Morgan fingerprint density at radius 1 is 1.27 bits per heavy atom. The van der Waals surface area contributed by atoms with Crippen LogP contribution in [0.25, 0.3) is 11.4 Å². The Kier molecular flexibility index (Phi) is 3.91. The Hall–Kier alpha value is -2.63. The minimum atomic E-state index is 0.249. The Morgan fingerprint density at radius 2 is 2.14 bits per heavy atom. The first-order chi connectivity index (χ1) is 10.7. The first kappa shape index (κ1) is 14.3. The molecule has 114 valence electrons. The van der Waals surface area contributed by atoms with Gasteiger partial charge < -0.3 is 9.30 Å². The molecule has 22 heavy (non-hydrogen) atoms. The molecule has 3 rings (SSSR count). The second-order valence-corrected chi connectivity index (χ2v) is 5.34. The lowest BCUT2D eigenvalue weighted by Gasteiger charge is -2.15. The summed E-state index contributed by atoms with van der Waals surface area (Å²) < 4.78 is 7.34. The van der Waals surface area contributed by atoms with E-state index >= 15 is 0 Å². The molecule has 0 bridgehead atoms. The third kappa shape index (κ3) is 2.86. The number of rotatable bonds is 5. The molecular weight excluding hydrogens is 278 g/mol. The van der Waals surface area contributed by atoms with E-state index in [1.807, 2.05) is 31.5 Å². The maximum atomic E-state index is 5.19. The van der Waals surface area contributed by atoms with Crippen molar-refractivity contribution >= 4 is 0 Å². The molecule has 0 aliphatic carbocycles. The molecule has 0 saturated heterocycles. The summed E-state index contributed by atoms with van der Waals surface area (Å²) in [6.07, 6.45) is 6.38. The lowest BCUT2D eigenvalue weighted by molar-refractivity contribution is 0.398. The number of methoxy groups -OCH3 is 1. The van der Waals surface area contributed by atoms with Crippen LogP contribution in [0.2, 0.25) is 0 Å². The molecular formula is C16H19N5O. The van der Waals surface area contributed by atoms with Gasteiger partial charge in [0.05, 0.1) is 12.8 Å². The third-order valence-electron chi connectivity index (χ3n) is 3.61. The molecule has 0 fully saturated rings. The normalized spacial score (nSPS) is 12.3. The molecule has 0 radical (unpaired) electrons. The molecule has 0 aromatic carbocycles. The first-order valence-electron chi connectivity index (χ1n) is 7.21. The number of nitrogens with one attached hydrogen (secondary N) is 1. The summed E-state index contributed by atoms with van der Waals surface area (Å²) in [5.41, 5.74) is 3.12. The molecule has 6 heteroatoms. The van der Waals surface area contributed by atoms with E-state index in [0.717, 1.165) is 29.2 Å². The minimum absolute atomic E-state index is 0.249. The van der Waals surface area contributed by atoms with Gasteiger partial charge in [0.2, 0.25) is 5.88 Å². The maximum Gasteiger partial charge on any atom is 0.213 e. The van der Waals surface area contributed by atoms with Gasteiger partial charge in [-0.05, 0) is 26.0 Å². The van der Waals surface area contributed by atoms with Crippen LogP contribution < -0.4 is 4.74 Å². The van der Waals surface area contributed by atoms with Gasteiger partial charge in [0.1, 0.15) is 5.82 Å². The zero-order valence-corrected chi connectivity index (χ0v) is 12.9. The molecule has 1 N–H and O–H groups in total. The molecule has 0 saturated carbocycles. The summed E-state index contributed by atoms with van der Waals surface area (Å²) in [7, 11) is 1.61. The second-order valence-electron chi connectivity index (χ2n) is 5.34. The van der Waals surface area contributed by atoms with Crippen molar-refractivity contribution in [3.8, 4) is 17.3 Å². The largest absolute Gasteiger partial charge is 0.481 e. The Labute approximate surface area is 129 Å². The van der Waals surface area contributed by atoms with Gasteiger partial charge >= 0.3 is 0 Å². The summed E-state index contributed by atoms with van der Waals surface area (Å²) in [4.78, 5) is 8.62. The monoisotopic (exact) mass is 297 g/mol. The first-order valence-corrected chi connectivity index (χ1v) is 7.21. The van der Waals surface area contributed by atoms with Crippen LogP contribution in [-0.2, 0) is 6.42 Å². The Morgan fingerprint density at radius 3 is 2.86 bits per heavy atom. The van der Waals surface area contributed by atoms with Crippen LogP contribution in [0.15, 0.2) is 36.8 Å².